The van der Waals surface area contributed by atoms with Crippen LogP contribution in [-0.2, 0) is 20.9 Å². The third kappa shape index (κ3) is 2.73. The van der Waals surface area contributed by atoms with E-state index in [0.717, 1.165) is 0 Å². The molecule has 2 bridgehead atoms. The first kappa shape index (κ1) is 15.4. The molecule has 1 saturated carbocycles. The van der Waals surface area contributed by atoms with Gasteiger partial charge in [0.1, 0.15) is 6.61 Å². The molecule has 2 aliphatic rings. The minimum Gasteiger partial charge on any atom is -0.481 e. The summed E-state index contributed by atoms with van der Waals surface area (Å²) < 4.78 is 5.30. The number of esters is 1. The lowest BCUT2D eigenvalue weighted by Crippen LogP contribution is -2.34. The molecule has 0 unspecified atom stereocenters. The lowest BCUT2D eigenvalue weighted by Gasteiger charge is -2.23. The van der Waals surface area contributed by atoms with Gasteiger partial charge in [0.2, 0.25) is 0 Å². The van der Waals surface area contributed by atoms with Crippen molar-refractivity contribution in [2.75, 3.05) is 0 Å². The summed E-state index contributed by atoms with van der Waals surface area (Å²) >= 11 is 11.7. The topological polar surface area (TPSA) is 63.6 Å². The number of fused-ring (bicyclic) bond motifs is 2. The summed E-state index contributed by atoms with van der Waals surface area (Å²) in [5.74, 6) is -2.78. The molecule has 0 radical (unpaired) electrons. The number of carboxylic acid groups (broad SMARTS) is 1. The van der Waals surface area contributed by atoms with Crippen LogP contribution in [0.3, 0.4) is 0 Å². The van der Waals surface area contributed by atoms with Crippen molar-refractivity contribution < 1.29 is 19.4 Å². The maximum Gasteiger partial charge on any atom is 0.310 e. The number of ether oxygens (including phenoxy) is 1. The van der Waals surface area contributed by atoms with Gasteiger partial charge in [-0.15, -0.1) is 0 Å². The third-order valence-corrected chi connectivity index (χ3v) is 5.12. The first-order valence-corrected chi connectivity index (χ1v) is 7.74. The van der Waals surface area contributed by atoms with E-state index >= 15 is 0 Å². The molecule has 1 aromatic rings. The van der Waals surface area contributed by atoms with Crippen molar-refractivity contribution >= 4 is 35.1 Å². The molecule has 6 heteroatoms. The van der Waals surface area contributed by atoms with Gasteiger partial charge in [-0.05, 0) is 36.0 Å². The molecule has 0 spiro atoms. The van der Waals surface area contributed by atoms with Crippen LogP contribution in [0.4, 0.5) is 0 Å². The number of hydrogen-bond acceptors (Lipinski definition) is 3. The summed E-state index contributed by atoms with van der Waals surface area (Å²) in [5, 5.41) is 10.2. The second kappa shape index (κ2) is 5.94. The lowest BCUT2D eigenvalue weighted by atomic mass is 9.83. The molecule has 4 atom stereocenters. The van der Waals surface area contributed by atoms with Gasteiger partial charge in [-0.2, -0.15) is 0 Å². The Morgan fingerprint density at radius 2 is 1.82 bits per heavy atom. The average Bonchev–Trinajstić information content (AvgIpc) is 3.08. The van der Waals surface area contributed by atoms with Crippen molar-refractivity contribution in [3.63, 3.8) is 0 Å². The molecule has 22 heavy (non-hydrogen) atoms. The van der Waals surface area contributed by atoms with Crippen LogP contribution in [0.25, 0.3) is 0 Å². The SMILES string of the molecule is O=C(O)[C@@H]1[C@@H](C(=O)OCc2ccc(Cl)c(Cl)c2)[C@H]2C=C[C@H]1C2. The number of benzene rings is 1. The standard InChI is InChI=1S/C16H14Cl2O4/c17-11-4-1-8(5-12(11)18)7-22-16(21)14-10-3-2-9(6-10)13(14)15(19)20/h1-5,9-10,13-14H,6-7H2,(H,19,20)/t9-,10-,13-,14-/m0/s1. The van der Waals surface area contributed by atoms with Gasteiger partial charge in [-0.1, -0.05) is 41.4 Å². The Morgan fingerprint density at radius 1 is 1.14 bits per heavy atom. The average molecular weight is 341 g/mol. The number of allylic oxidation sites excluding steroid dienone is 2. The molecule has 0 heterocycles. The number of halogens is 2. The Morgan fingerprint density at radius 3 is 2.45 bits per heavy atom. The molecule has 0 aromatic heterocycles. The lowest BCUT2D eigenvalue weighted by molar-refractivity contribution is -0.159. The minimum absolute atomic E-state index is 0.0348. The van der Waals surface area contributed by atoms with Crippen LogP contribution in [0.2, 0.25) is 10.0 Å². The summed E-state index contributed by atoms with van der Waals surface area (Å²) in [6.07, 6.45) is 4.53. The smallest absolute Gasteiger partial charge is 0.310 e. The molecule has 1 aromatic carbocycles. The second-order valence-electron chi connectivity index (χ2n) is 5.69. The summed E-state index contributed by atoms with van der Waals surface area (Å²) in [4.78, 5) is 23.7. The van der Waals surface area contributed by atoms with Gasteiger partial charge in [0.05, 0.1) is 21.9 Å². The molecule has 1 N–H and O–H groups in total. The van der Waals surface area contributed by atoms with E-state index in [1.807, 2.05) is 12.2 Å². The molecule has 0 saturated heterocycles. The highest BCUT2D eigenvalue weighted by molar-refractivity contribution is 6.42. The largest absolute Gasteiger partial charge is 0.481 e. The number of carboxylic acids is 1. The maximum absolute atomic E-state index is 12.3. The van der Waals surface area contributed by atoms with Crippen molar-refractivity contribution in [2.24, 2.45) is 23.7 Å². The van der Waals surface area contributed by atoms with Crippen LogP contribution in [0.15, 0.2) is 30.4 Å². The molecule has 1 fully saturated rings. The van der Waals surface area contributed by atoms with E-state index in [2.05, 4.69) is 0 Å². The highest BCUT2D eigenvalue weighted by atomic mass is 35.5. The van der Waals surface area contributed by atoms with E-state index in [0.29, 0.717) is 22.0 Å². The Kier molecular flexibility index (Phi) is 4.15. The Balaban J connectivity index is 1.68. The monoisotopic (exact) mass is 340 g/mol. The molecular weight excluding hydrogens is 327 g/mol. The van der Waals surface area contributed by atoms with Crippen LogP contribution >= 0.6 is 23.2 Å². The summed E-state index contributed by atoms with van der Waals surface area (Å²) in [7, 11) is 0. The first-order chi connectivity index (χ1) is 10.5. The Labute approximate surface area is 137 Å². The van der Waals surface area contributed by atoms with E-state index in [1.165, 1.54) is 0 Å². The summed E-state index contributed by atoms with van der Waals surface area (Å²) in [5.41, 5.74) is 0.716. The number of carbonyl (C=O) groups excluding carboxylic acids is 1. The van der Waals surface area contributed by atoms with Gasteiger partial charge >= 0.3 is 11.9 Å². The minimum atomic E-state index is -0.937. The second-order valence-corrected chi connectivity index (χ2v) is 6.51. The van der Waals surface area contributed by atoms with E-state index in [1.54, 1.807) is 18.2 Å². The summed E-state index contributed by atoms with van der Waals surface area (Å²) in [6, 6.07) is 4.98. The van der Waals surface area contributed by atoms with Gasteiger partial charge in [-0.3, -0.25) is 9.59 Å². The van der Waals surface area contributed by atoms with Crippen molar-refractivity contribution in [1.82, 2.24) is 0 Å². The highest BCUT2D eigenvalue weighted by Gasteiger charge is 2.52. The zero-order chi connectivity index (χ0) is 15.9. The van der Waals surface area contributed by atoms with Gasteiger partial charge in [0.25, 0.3) is 0 Å². The molecule has 116 valence electrons. The van der Waals surface area contributed by atoms with Gasteiger partial charge in [0, 0.05) is 0 Å². The van der Waals surface area contributed by atoms with Gasteiger partial charge < -0.3 is 9.84 Å². The fourth-order valence-corrected chi connectivity index (χ4v) is 3.68. The van der Waals surface area contributed by atoms with Crippen molar-refractivity contribution in [3.05, 3.63) is 46.0 Å². The zero-order valence-corrected chi connectivity index (χ0v) is 13.1. The number of carbonyl (C=O) groups is 2. The quantitative estimate of drug-likeness (QED) is 0.672. The maximum atomic E-state index is 12.3. The van der Waals surface area contributed by atoms with E-state index in [4.69, 9.17) is 27.9 Å². The van der Waals surface area contributed by atoms with Crippen LogP contribution in [0.5, 0.6) is 0 Å². The predicted octanol–water partition coefficient (Wildman–Crippen LogP) is 3.56. The van der Waals surface area contributed by atoms with Crippen LogP contribution < -0.4 is 0 Å². The molecular formula is C16H14Cl2O4. The van der Waals surface area contributed by atoms with Crippen molar-refractivity contribution in [1.29, 1.82) is 0 Å². The van der Waals surface area contributed by atoms with Crippen molar-refractivity contribution in [3.8, 4) is 0 Å². The predicted molar refractivity (Wildman–Crippen MR) is 81.6 cm³/mol. The van der Waals surface area contributed by atoms with E-state index < -0.39 is 23.8 Å². The van der Waals surface area contributed by atoms with Crippen molar-refractivity contribution in [2.45, 2.75) is 13.0 Å². The summed E-state index contributed by atoms with van der Waals surface area (Å²) in [6.45, 7) is 0.0552. The molecule has 0 aliphatic heterocycles. The number of hydrogen-bond donors (Lipinski definition) is 1. The van der Waals surface area contributed by atoms with Crippen LogP contribution in [0, 0.1) is 23.7 Å². The van der Waals surface area contributed by atoms with E-state index in [-0.39, 0.29) is 18.4 Å². The van der Waals surface area contributed by atoms with Crippen LogP contribution in [0.1, 0.15) is 12.0 Å². The third-order valence-electron chi connectivity index (χ3n) is 4.38. The first-order valence-electron chi connectivity index (χ1n) is 6.99. The number of rotatable bonds is 4. The fourth-order valence-electron chi connectivity index (χ4n) is 3.36. The number of aliphatic carboxylic acids is 1. The molecule has 2 aliphatic carbocycles. The van der Waals surface area contributed by atoms with Gasteiger partial charge in [0.15, 0.2) is 0 Å². The molecule has 4 nitrogen and oxygen atoms in total. The normalized spacial score (nSPS) is 28.8. The van der Waals surface area contributed by atoms with E-state index in [9.17, 15) is 14.7 Å². The highest BCUT2D eigenvalue weighted by Crippen LogP contribution is 2.48. The van der Waals surface area contributed by atoms with Crippen LogP contribution in [-0.4, -0.2) is 17.0 Å². The Hall–Kier alpha value is -1.52. The van der Waals surface area contributed by atoms with Gasteiger partial charge in [-0.25, -0.2) is 0 Å². The zero-order valence-electron chi connectivity index (χ0n) is 11.5. The molecule has 0 amide bonds. The molecule has 3 rings (SSSR count). The Bertz CT molecular complexity index is 656. The fraction of sp³-hybridized carbons (Fsp3) is 0.375.